The van der Waals surface area contributed by atoms with Gasteiger partial charge in [-0.15, -0.1) is 0 Å². The van der Waals surface area contributed by atoms with Crippen LogP contribution in [0.5, 0.6) is 0 Å². The maximum atomic E-state index is 9.17. The molecule has 3 heterocycles. The van der Waals surface area contributed by atoms with Crippen LogP contribution in [0.15, 0.2) is 36.9 Å². The lowest BCUT2D eigenvalue weighted by Crippen LogP contribution is -2.26. The molecule has 0 saturated carbocycles. The van der Waals surface area contributed by atoms with E-state index in [1.165, 1.54) is 5.56 Å². The summed E-state index contributed by atoms with van der Waals surface area (Å²) >= 11 is 0. The number of aromatic nitrogens is 3. The fourth-order valence-electron chi connectivity index (χ4n) is 2.77. The molecule has 6 heteroatoms. The molecule has 122 valence electrons. The highest BCUT2D eigenvalue weighted by molar-refractivity contribution is 5.40. The van der Waals surface area contributed by atoms with Crippen LogP contribution in [-0.2, 0) is 11.3 Å². The van der Waals surface area contributed by atoms with E-state index in [4.69, 9.17) is 9.84 Å². The summed E-state index contributed by atoms with van der Waals surface area (Å²) in [6.07, 6.45) is 6.93. The summed E-state index contributed by atoms with van der Waals surface area (Å²) in [6, 6.07) is 6.05. The number of rotatable bonds is 7. The maximum absolute atomic E-state index is 9.17. The molecule has 0 radical (unpaired) electrons. The third kappa shape index (κ3) is 4.24. The van der Waals surface area contributed by atoms with E-state index in [-0.39, 0.29) is 6.61 Å². The fourth-order valence-corrected chi connectivity index (χ4v) is 2.77. The van der Waals surface area contributed by atoms with Crippen LogP contribution in [0.4, 0.5) is 5.82 Å². The highest BCUT2D eigenvalue weighted by Gasteiger charge is 2.20. The highest BCUT2D eigenvalue weighted by atomic mass is 16.5. The first-order valence-corrected chi connectivity index (χ1v) is 8.01. The highest BCUT2D eigenvalue weighted by Crippen LogP contribution is 2.26. The lowest BCUT2D eigenvalue weighted by atomic mass is 10.0. The van der Waals surface area contributed by atoms with Crippen molar-refractivity contribution in [2.24, 2.45) is 0 Å². The van der Waals surface area contributed by atoms with Crippen molar-refractivity contribution in [3.63, 3.8) is 0 Å². The Hall–Kier alpha value is -2.05. The quantitative estimate of drug-likeness (QED) is 0.840. The van der Waals surface area contributed by atoms with Gasteiger partial charge in [0.25, 0.3) is 0 Å². The standard InChI is InChI=1S/C17H22N4O2/c22-8-1-7-21(11-14-2-5-18-6-3-14)17-10-16(19-13-20-17)15-4-9-23-12-15/h2-3,5-6,10,13,15,22H,1,4,7-9,11-12H2/t15-/m1/s1. The second kappa shape index (κ2) is 7.99. The number of anilines is 1. The molecule has 1 saturated heterocycles. The minimum absolute atomic E-state index is 0.168. The Bertz CT molecular complexity index is 603. The third-order valence-corrected chi connectivity index (χ3v) is 4.05. The molecule has 0 bridgehead atoms. The summed E-state index contributed by atoms with van der Waals surface area (Å²) in [4.78, 5) is 15.1. The molecule has 0 unspecified atom stereocenters. The second-order valence-electron chi connectivity index (χ2n) is 5.72. The van der Waals surface area contributed by atoms with Crippen molar-refractivity contribution in [3.8, 4) is 0 Å². The average Bonchev–Trinajstić information content (AvgIpc) is 3.14. The van der Waals surface area contributed by atoms with Crippen molar-refractivity contribution < 1.29 is 9.84 Å². The molecule has 23 heavy (non-hydrogen) atoms. The maximum Gasteiger partial charge on any atom is 0.132 e. The van der Waals surface area contributed by atoms with Crippen molar-refractivity contribution in [2.75, 3.05) is 31.3 Å². The van der Waals surface area contributed by atoms with Gasteiger partial charge in [0.1, 0.15) is 12.1 Å². The van der Waals surface area contributed by atoms with Crippen molar-refractivity contribution >= 4 is 5.82 Å². The number of aliphatic hydroxyl groups excluding tert-OH is 1. The fraction of sp³-hybridized carbons (Fsp3) is 0.471. The number of aliphatic hydroxyl groups is 1. The zero-order valence-electron chi connectivity index (χ0n) is 13.1. The van der Waals surface area contributed by atoms with Gasteiger partial charge in [-0.3, -0.25) is 4.98 Å². The summed E-state index contributed by atoms with van der Waals surface area (Å²) in [5.74, 6) is 1.25. The van der Waals surface area contributed by atoms with Crippen LogP contribution in [-0.4, -0.2) is 46.4 Å². The molecule has 2 aromatic heterocycles. The SMILES string of the molecule is OCCCN(Cc1ccncc1)c1cc([C@@H]2CCOC2)ncn1. The third-order valence-electron chi connectivity index (χ3n) is 4.05. The lowest BCUT2D eigenvalue weighted by molar-refractivity contribution is 0.193. The number of hydrogen-bond donors (Lipinski definition) is 1. The Morgan fingerprint density at radius 1 is 1.26 bits per heavy atom. The molecule has 1 N–H and O–H groups in total. The summed E-state index contributed by atoms with van der Waals surface area (Å²) in [7, 11) is 0. The molecular formula is C17H22N4O2. The molecule has 0 spiro atoms. The molecule has 2 aromatic rings. The van der Waals surface area contributed by atoms with Crippen LogP contribution in [0.1, 0.15) is 30.0 Å². The predicted molar refractivity (Wildman–Crippen MR) is 87.2 cm³/mol. The molecule has 0 aliphatic carbocycles. The molecule has 6 nitrogen and oxygen atoms in total. The van der Waals surface area contributed by atoms with Gasteiger partial charge in [0.05, 0.1) is 12.3 Å². The minimum Gasteiger partial charge on any atom is -0.396 e. The molecule has 1 aliphatic rings. The van der Waals surface area contributed by atoms with Crippen molar-refractivity contribution in [1.29, 1.82) is 0 Å². The van der Waals surface area contributed by atoms with E-state index in [1.807, 2.05) is 12.1 Å². The van der Waals surface area contributed by atoms with Gasteiger partial charge < -0.3 is 14.7 Å². The average molecular weight is 314 g/mol. The summed E-state index contributed by atoms with van der Waals surface area (Å²) < 4.78 is 5.46. The zero-order chi connectivity index (χ0) is 15.9. The first kappa shape index (κ1) is 15.8. The Kier molecular flexibility index (Phi) is 5.50. The first-order chi connectivity index (χ1) is 11.4. The van der Waals surface area contributed by atoms with Gasteiger partial charge in [0.15, 0.2) is 0 Å². The predicted octanol–water partition coefficient (Wildman–Crippen LogP) is 1.76. The van der Waals surface area contributed by atoms with E-state index < -0.39 is 0 Å². The number of ether oxygens (including phenoxy) is 1. The number of hydrogen-bond acceptors (Lipinski definition) is 6. The van der Waals surface area contributed by atoms with E-state index in [0.29, 0.717) is 12.3 Å². The van der Waals surface area contributed by atoms with Crippen LogP contribution in [0, 0.1) is 0 Å². The monoisotopic (exact) mass is 314 g/mol. The second-order valence-corrected chi connectivity index (χ2v) is 5.72. The minimum atomic E-state index is 0.168. The van der Waals surface area contributed by atoms with Gasteiger partial charge >= 0.3 is 0 Å². The smallest absolute Gasteiger partial charge is 0.132 e. The molecule has 1 aliphatic heterocycles. The van der Waals surface area contributed by atoms with E-state index in [9.17, 15) is 0 Å². The molecule has 3 rings (SSSR count). The van der Waals surface area contributed by atoms with E-state index >= 15 is 0 Å². The van der Waals surface area contributed by atoms with Crippen molar-refractivity contribution in [1.82, 2.24) is 15.0 Å². The summed E-state index contributed by atoms with van der Waals surface area (Å²) in [5, 5.41) is 9.17. The van der Waals surface area contributed by atoms with Gasteiger partial charge in [0, 0.05) is 50.7 Å². The van der Waals surface area contributed by atoms with Gasteiger partial charge in [-0.05, 0) is 30.5 Å². The van der Waals surface area contributed by atoms with Crippen LogP contribution in [0.2, 0.25) is 0 Å². The molecule has 0 amide bonds. The topological polar surface area (TPSA) is 71.4 Å². The van der Waals surface area contributed by atoms with Crippen LogP contribution >= 0.6 is 0 Å². The van der Waals surface area contributed by atoms with Crippen LogP contribution in [0.25, 0.3) is 0 Å². The number of pyridine rings is 1. The van der Waals surface area contributed by atoms with E-state index in [1.54, 1.807) is 18.7 Å². The normalized spacial score (nSPS) is 17.3. The first-order valence-electron chi connectivity index (χ1n) is 8.01. The van der Waals surface area contributed by atoms with Crippen LogP contribution < -0.4 is 4.90 Å². The Morgan fingerprint density at radius 2 is 2.13 bits per heavy atom. The Morgan fingerprint density at radius 3 is 2.87 bits per heavy atom. The van der Waals surface area contributed by atoms with Crippen molar-refractivity contribution in [3.05, 3.63) is 48.2 Å². The molecule has 0 aromatic carbocycles. The molecule has 1 atom stereocenters. The molecule has 1 fully saturated rings. The van der Waals surface area contributed by atoms with Gasteiger partial charge in [-0.25, -0.2) is 9.97 Å². The largest absolute Gasteiger partial charge is 0.396 e. The van der Waals surface area contributed by atoms with E-state index in [2.05, 4.69) is 25.9 Å². The van der Waals surface area contributed by atoms with E-state index in [0.717, 1.165) is 44.2 Å². The number of nitrogens with zero attached hydrogens (tertiary/aromatic N) is 4. The molecular weight excluding hydrogens is 292 g/mol. The Labute approximate surface area is 136 Å². The van der Waals surface area contributed by atoms with Gasteiger partial charge in [-0.2, -0.15) is 0 Å². The zero-order valence-corrected chi connectivity index (χ0v) is 13.1. The van der Waals surface area contributed by atoms with Crippen LogP contribution in [0.3, 0.4) is 0 Å². The lowest BCUT2D eigenvalue weighted by Gasteiger charge is -2.24. The van der Waals surface area contributed by atoms with Gasteiger partial charge in [-0.1, -0.05) is 0 Å². The summed E-state index contributed by atoms with van der Waals surface area (Å²) in [5.41, 5.74) is 2.21. The van der Waals surface area contributed by atoms with Crippen molar-refractivity contribution in [2.45, 2.75) is 25.3 Å². The Balaban J connectivity index is 1.79. The van der Waals surface area contributed by atoms with Gasteiger partial charge in [0.2, 0.25) is 0 Å². The summed E-state index contributed by atoms with van der Waals surface area (Å²) in [6.45, 7) is 3.19.